The van der Waals surface area contributed by atoms with Gasteiger partial charge in [0.25, 0.3) is 0 Å². The van der Waals surface area contributed by atoms with Crippen LogP contribution in [-0.2, 0) is 9.47 Å². The quantitative estimate of drug-likeness (QED) is 0.116. The molecule has 22 heavy (non-hydrogen) atoms. The van der Waals surface area contributed by atoms with E-state index in [9.17, 15) is 0 Å². The van der Waals surface area contributed by atoms with Crippen molar-refractivity contribution in [1.29, 1.82) is 0 Å². The van der Waals surface area contributed by atoms with E-state index in [2.05, 4.69) is 28.1 Å². The zero-order valence-corrected chi connectivity index (χ0v) is 16.2. The number of alkyl halides is 1. The van der Waals surface area contributed by atoms with E-state index < -0.39 is 0 Å². The third kappa shape index (κ3) is 20.1. The molecule has 0 heterocycles. The van der Waals surface area contributed by atoms with Gasteiger partial charge in [0, 0.05) is 12.4 Å². The number of unbranched alkanes of at least 4 members (excludes halogenated alkanes) is 11. The SMILES string of the molecule is COCOCCC=CCCCCCCCCCCCCCBr. The van der Waals surface area contributed by atoms with Gasteiger partial charge in [-0.3, -0.25) is 0 Å². The lowest BCUT2D eigenvalue weighted by Gasteiger charge is -2.02. The maximum Gasteiger partial charge on any atom is 0.146 e. The molecule has 0 bridgehead atoms. The molecule has 0 saturated carbocycles. The zero-order valence-electron chi connectivity index (χ0n) is 14.7. The summed E-state index contributed by atoms with van der Waals surface area (Å²) in [7, 11) is 1.65. The van der Waals surface area contributed by atoms with Gasteiger partial charge in [-0.15, -0.1) is 0 Å². The lowest BCUT2D eigenvalue weighted by atomic mass is 10.1. The van der Waals surface area contributed by atoms with E-state index in [1.807, 2.05) is 0 Å². The molecule has 0 rings (SSSR count). The molecule has 0 aromatic heterocycles. The van der Waals surface area contributed by atoms with Crippen LogP contribution in [0.5, 0.6) is 0 Å². The highest BCUT2D eigenvalue weighted by Gasteiger charge is 1.93. The predicted octanol–water partition coefficient (Wildman–Crippen LogP) is 6.63. The Balaban J connectivity index is 3.00. The van der Waals surface area contributed by atoms with E-state index in [0.29, 0.717) is 6.79 Å². The fourth-order valence-electron chi connectivity index (χ4n) is 2.48. The predicted molar refractivity (Wildman–Crippen MR) is 101 cm³/mol. The maximum absolute atomic E-state index is 5.23. The zero-order chi connectivity index (χ0) is 16.1. The van der Waals surface area contributed by atoms with Gasteiger partial charge in [-0.1, -0.05) is 85.9 Å². The number of halogens is 1. The Morgan fingerprint density at radius 1 is 0.682 bits per heavy atom. The molecule has 0 amide bonds. The number of ether oxygens (including phenoxy) is 2. The number of methoxy groups -OCH3 is 1. The molecule has 0 aliphatic heterocycles. The van der Waals surface area contributed by atoms with Crippen molar-refractivity contribution in [2.75, 3.05) is 25.8 Å². The van der Waals surface area contributed by atoms with Gasteiger partial charge in [0.05, 0.1) is 6.61 Å². The first-order valence-electron chi connectivity index (χ1n) is 9.19. The minimum atomic E-state index is 0.407. The highest BCUT2D eigenvalue weighted by Crippen LogP contribution is 2.12. The van der Waals surface area contributed by atoms with E-state index in [1.165, 1.54) is 82.4 Å². The van der Waals surface area contributed by atoms with E-state index in [4.69, 9.17) is 9.47 Å². The molecular formula is C19H37BrO2. The van der Waals surface area contributed by atoms with Crippen LogP contribution in [0, 0.1) is 0 Å². The van der Waals surface area contributed by atoms with Crippen molar-refractivity contribution >= 4 is 15.9 Å². The third-order valence-corrected chi connectivity index (χ3v) is 4.36. The van der Waals surface area contributed by atoms with Crippen LogP contribution < -0.4 is 0 Å². The number of rotatable bonds is 18. The van der Waals surface area contributed by atoms with E-state index in [1.54, 1.807) is 7.11 Å². The molecule has 0 unspecified atom stereocenters. The average Bonchev–Trinajstić information content (AvgIpc) is 2.54. The Hall–Kier alpha value is 0.140. The summed E-state index contributed by atoms with van der Waals surface area (Å²) in [6.07, 6.45) is 22.2. The minimum Gasteiger partial charge on any atom is -0.359 e. The van der Waals surface area contributed by atoms with Gasteiger partial charge in [-0.2, -0.15) is 0 Å². The second-order valence-corrected chi connectivity index (χ2v) is 6.73. The molecule has 3 heteroatoms. The average molecular weight is 377 g/mol. The lowest BCUT2D eigenvalue weighted by molar-refractivity contribution is -0.0285. The summed E-state index contributed by atoms with van der Waals surface area (Å²) in [6, 6.07) is 0. The van der Waals surface area contributed by atoms with E-state index >= 15 is 0 Å². The van der Waals surface area contributed by atoms with E-state index in [-0.39, 0.29) is 0 Å². The van der Waals surface area contributed by atoms with Crippen molar-refractivity contribution in [1.82, 2.24) is 0 Å². The molecule has 0 fully saturated rings. The Morgan fingerprint density at radius 3 is 1.73 bits per heavy atom. The Morgan fingerprint density at radius 2 is 1.18 bits per heavy atom. The molecular weight excluding hydrogens is 340 g/mol. The van der Waals surface area contributed by atoms with Crippen LogP contribution >= 0.6 is 15.9 Å². The number of hydrogen-bond donors (Lipinski definition) is 0. The monoisotopic (exact) mass is 376 g/mol. The van der Waals surface area contributed by atoms with Crippen LogP contribution in [0.25, 0.3) is 0 Å². The highest BCUT2D eigenvalue weighted by atomic mass is 79.9. The van der Waals surface area contributed by atoms with Crippen LogP contribution in [0.3, 0.4) is 0 Å². The van der Waals surface area contributed by atoms with Gasteiger partial charge < -0.3 is 9.47 Å². The van der Waals surface area contributed by atoms with Crippen LogP contribution in [-0.4, -0.2) is 25.8 Å². The molecule has 0 radical (unpaired) electrons. The van der Waals surface area contributed by atoms with Crippen molar-refractivity contribution in [2.24, 2.45) is 0 Å². The van der Waals surface area contributed by atoms with Gasteiger partial charge >= 0.3 is 0 Å². The van der Waals surface area contributed by atoms with Crippen molar-refractivity contribution < 1.29 is 9.47 Å². The second kappa shape index (κ2) is 21.1. The van der Waals surface area contributed by atoms with Crippen LogP contribution in [0.4, 0.5) is 0 Å². The maximum atomic E-state index is 5.23. The summed E-state index contributed by atoms with van der Waals surface area (Å²) in [5.74, 6) is 0. The minimum absolute atomic E-state index is 0.407. The lowest BCUT2D eigenvalue weighted by Crippen LogP contribution is -1.96. The molecule has 0 spiro atoms. The summed E-state index contributed by atoms with van der Waals surface area (Å²) in [5, 5.41) is 1.17. The van der Waals surface area contributed by atoms with Gasteiger partial charge in [-0.25, -0.2) is 0 Å². The highest BCUT2D eigenvalue weighted by molar-refractivity contribution is 9.09. The molecule has 0 saturated heterocycles. The smallest absolute Gasteiger partial charge is 0.146 e. The van der Waals surface area contributed by atoms with E-state index in [0.717, 1.165) is 13.0 Å². The van der Waals surface area contributed by atoms with Gasteiger partial charge in [0.15, 0.2) is 0 Å². The summed E-state index contributed by atoms with van der Waals surface area (Å²) in [4.78, 5) is 0. The van der Waals surface area contributed by atoms with Crippen molar-refractivity contribution in [3.8, 4) is 0 Å². The largest absolute Gasteiger partial charge is 0.359 e. The fourth-order valence-corrected chi connectivity index (χ4v) is 2.87. The molecule has 0 atom stereocenters. The summed E-state index contributed by atoms with van der Waals surface area (Å²) >= 11 is 3.49. The molecule has 0 aliphatic rings. The standard InChI is InChI=1S/C19H37BrO2/c1-21-19-22-18-16-14-12-10-8-6-4-2-3-5-7-9-11-13-15-17-20/h12,14H,2-11,13,15-19H2,1H3. The van der Waals surface area contributed by atoms with Crippen LogP contribution in [0.15, 0.2) is 12.2 Å². The molecule has 132 valence electrons. The Labute approximate surface area is 147 Å². The first kappa shape index (κ1) is 22.1. The molecule has 0 aromatic carbocycles. The van der Waals surface area contributed by atoms with Gasteiger partial charge in [0.2, 0.25) is 0 Å². The van der Waals surface area contributed by atoms with Gasteiger partial charge in [0.1, 0.15) is 6.79 Å². The topological polar surface area (TPSA) is 18.5 Å². The molecule has 2 nitrogen and oxygen atoms in total. The first-order chi connectivity index (χ1) is 10.9. The number of allylic oxidation sites excluding steroid dienone is 1. The normalized spacial score (nSPS) is 11.5. The second-order valence-electron chi connectivity index (χ2n) is 5.94. The summed E-state index contributed by atoms with van der Waals surface area (Å²) in [5.41, 5.74) is 0. The molecule has 0 N–H and O–H groups in total. The fraction of sp³-hybridized carbons (Fsp3) is 0.895. The molecule has 0 aliphatic carbocycles. The van der Waals surface area contributed by atoms with Crippen molar-refractivity contribution in [3.63, 3.8) is 0 Å². The third-order valence-electron chi connectivity index (χ3n) is 3.80. The van der Waals surface area contributed by atoms with Crippen LogP contribution in [0.2, 0.25) is 0 Å². The van der Waals surface area contributed by atoms with Crippen LogP contribution in [0.1, 0.15) is 83.5 Å². The molecule has 0 aromatic rings. The Bertz CT molecular complexity index is 219. The number of hydrogen-bond acceptors (Lipinski definition) is 2. The summed E-state index contributed by atoms with van der Waals surface area (Å²) < 4.78 is 10.0. The van der Waals surface area contributed by atoms with Gasteiger partial charge in [-0.05, 0) is 25.7 Å². The Kier molecular flexibility index (Phi) is 21.3. The van der Waals surface area contributed by atoms with Crippen molar-refractivity contribution in [3.05, 3.63) is 12.2 Å². The summed E-state index contributed by atoms with van der Waals surface area (Å²) in [6.45, 7) is 1.17. The first-order valence-corrected chi connectivity index (χ1v) is 10.3. The van der Waals surface area contributed by atoms with Crippen molar-refractivity contribution in [2.45, 2.75) is 83.5 Å².